The number of hydrogen-bond donors (Lipinski definition) is 2. The second-order valence-corrected chi connectivity index (χ2v) is 5.71. The van der Waals surface area contributed by atoms with Crippen molar-refractivity contribution >= 4 is 23.8 Å². The van der Waals surface area contributed by atoms with Crippen LogP contribution in [0, 0.1) is 12.3 Å². The van der Waals surface area contributed by atoms with Gasteiger partial charge in [0.1, 0.15) is 5.82 Å². The first-order valence-electron chi connectivity index (χ1n) is 6.74. The van der Waals surface area contributed by atoms with Gasteiger partial charge in [-0.15, -0.1) is 0 Å². The van der Waals surface area contributed by atoms with Crippen LogP contribution in [0.2, 0.25) is 0 Å². The van der Waals surface area contributed by atoms with E-state index < -0.39 is 11.4 Å². The largest absolute Gasteiger partial charge is 0.478 e. The fourth-order valence-electron chi connectivity index (χ4n) is 2.73. The fraction of sp³-hybridized carbons (Fsp3) is 0.500. The van der Waals surface area contributed by atoms with Crippen LogP contribution in [0.1, 0.15) is 24.6 Å². The molecule has 2 rings (SSSR count). The average molecular weight is 292 g/mol. The van der Waals surface area contributed by atoms with Gasteiger partial charge in [0.2, 0.25) is 5.91 Å². The number of carboxylic acids is 1. The monoisotopic (exact) mass is 292 g/mol. The fourth-order valence-corrected chi connectivity index (χ4v) is 2.73. The SMILES string of the molecule is Cc1nn(C)c(N2CCC(C)(C(N)=O)C2)c1/C=C/C(=O)O. The standard InChI is InChI=1S/C14H20N4O3/c1-9-10(4-5-11(19)20)12(17(3)16-9)18-7-6-14(2,8-18)13(15)21/h4-5H,6-8H2,1-3H3,(H2,15,21)(H,19,20)/b5-4+. The minimum atomic E-state index is -1.01. The number of aromatic nitrogens is 2. The van der Waals surface area contributed by atoms with Crippen LogP contribution in [-0.4, -0.2) is 39.9 Å². The maximum atomic E-state index is 11.6. The summed E-state index contributed by atoms with van der Waals surface area (Å²) in [6.07, 6.45) is 3.31. The number of hydrogen-bond acceptors (Lipinski definition) is 4. The number of aliphatic carboxylic acids is 1. The summed E-state index contributed by atoms with van der Waals surface area (Å²) in [5.41, 5.74) is 6.41. The van der Waals surface area contributed by atoms with Gasteiger partial charge in [0.15, 0.2) is 0 Å². The van der Waals surface area contributed by atoms with E-state index in [-0.39, 0.29) is 5.91 Å². The van der Waals surface area contributed by atoms with E-state index in [0.717, 1.165) is 23.2 Å². The van der Waals surface area contributed by atoms with Crippen LogP contribution in [0.5, 0.6) is 0 Å². The van der Waals surface area contributed by atoms with Crippen molar-refractivity contribution in [1.82, 2.24) is 9.78 Å². The molecule has 3 N–H and O–H groups in total. The summed E-state index contributed by atoms with van der Waals surface area (Å²) in [5, 5.41) is 13.1. The summed E-state index contributed by atoms with van der Waals surface area (Å²) >= 11 is 0. The molecule has 0 aromatic carbocycles. The van der Waals surface area contributed by atoms with E-state index in [4.69, 9.17) is 10.8 Å². The molecule has 1 unspecified atom stereocenters. The Balaban J connectivity index is 2.37. The van der Waals surface area contributed by atoms with Gasteiger partial charge in [-0.2, -0.15) is 5.10 Å². The van der Waals surface area contributed by atoms with E-state index in [0.29, 0.717) is 19.5 Å². The van der Waals surface area contributed by atoms with Crippen molar-refractivity contribution in [1.29, 1.82) is 0 Å². The van der Waals surface area contributed by atoms with Crippen molar-refractivity contribution < 1.29 is 14.7 Å². The Labute approximate surface area is 123 Å². The number of nitrogens with two attached hydrogens (primary N) is 1. The van der Waals surface area contributed by atoms with Crippen molar-refractivity contribution in [2.75, 3.05) is 18.0 Å². The van der Waals surface area contributed by atoms with Crippen molar-refractivity contribution in [2.45, 2.75) is 20.3 Å². The van der Waals surface area contributed by atoms with Crippen molar-refractivity contribution in [3.8, 4) is 0 Å². The van der Waals surface area contributed by atoms with Gasteiger partial charge < -0.3 is 15.7 Å². The first kappa shape index (κ1) is 15.1. The Morgan fingerprint density at radius 3 is 2.67 bits per heavy atom. The minimum absolute atomic E-state index is 0.313. The Morgan fingerprint density at radius 1 is 1.48 bits per heavy atom. The summed E-state index contributed by atoms with van der Waals surface area (Å²) in [4.78, 5) is 24.3. The normalized spacial score (nSPS) is 22.1. The smallest absolute Gasteiger partial charge is 0.328 e. The Morgan fingerprint density at radius 2 is 2.14 bits per heavy atom. The van der Waals surface area contributed by atoms with Crippen LogP contribution in [0.15, 0.2) is 6.08 Å². The quantitative estimate of drug-likeness (QED) is 0.788. The van der Waals surface area contributed by atoms with E-state index in [1.165, 1.54) is 0 Å². The number of nitrogens with zero attached hydrogens (tertiary/aromatic N) is 3. The maximum Gasteiger partial charge on any atom is 0.328 e. The number of aryl methyl sites for hydroxylation is 2. The van der Waals surface area contributed by atoms with Gasteiger partial charge in [-0.3, -0.25) is 9.48 Å². The molecule has 0 bridgehead atoms. The van der Waals surface area contributed by atoms with Crippen molar-refractivity contribution in [3.05, 3.63) is 17.3 Å². The minimum Gasteiger partial charge on any atom is -0.478 e. The van der Waals surface area contributed by atoms with Crippen LogP contribution in [0.3, 0.4) is 0 Å². The average Bonchev–Trinajstić information content (AvgIpc) is 2.88. The number of amides is 1. The van der Waals surface area contributed by atoms with Gasteiger partial charge in [-0.25, -0.2) is 4.79 Å². The summed E-state index contributed by atoms with van der Waals surface area (Å²) in [6.45, 7) is 4.88. The number of carbonyl (C=O) groups is 2. The van der Waals surface area contributed by atoms with E-state index in [1.807, 2.05) is 18.7 Å². The molecule has 1 atom stereocenters. The third kappa shape index (κ3) is 2.76. The number of anilines is 1. The van der Waals surface area contributed by atoms with Crippen molar-refractivity contribution in [2.24, 2.45) is 18.2 Å². The lowest BCUT2D eigenvalue weighted by atomic mass is 9.89. The zero-order chi connectivity index (χ0) is 15.8. The van der Waals surface area contributed by atoms with Gasteiger partial charge in [0.05, 0.1) is 11.1 Å². The molecule has 0 aliphatic carbocycles. The van der Waals surface area contributed by atoms with E-state index in [2.05, 4.69) is 5.10 Å². The molecule has 1 aromatic rings. The highest BCUT2D eigenvalue weighted by molar-refractivity contribution is 5.87. The number of carbonyl (C=O) groups excluding carboxylic acids is 1. The molecule has 7 nitrogen and oxygen atoms in total. The third-order valence-electron chi connectivity index (χ3n) is 4.00. The highest BCUT2D eigenvalue weighted by atomic mass is 16.4. The molecular formula is C14H20N4O3. The molecular weight excluding hydrogens is 272 g/mol. The van der Waals surface area contributed by atoms with Crippen LogP contribution in [0.4, 0.5) is 5.82 Å². The van der Waals surface area contributed by atoms with Crippen LogP contribution < -0.4 is 10.6 Å². The predicted molar refractivity (Wildman–Crippen MR) is 78.7 cm³/mol. The second kappa shape index (κ2) is 5.23. The number of primary amides is 1. The van der Waals surface area contributed by atoms with Gasteiger partial charge in [-0.05, 0) is 26.3 Å². The number of carboxylic acid groups (broad SMARTS) is 1. The number of rotatable bonds is 4. The Kier molecular flexibility index (Phi) is 3.76. The highest BCUT2D eigenvalue weighted by Gasteiger charge is 2.40. The summed E-state index contributed by atoms with van der Waals surface area (Å²) in [5.74, 6) is -0.505. The molecule has 1 amide bonds. The van der Waals surface area contributed by atoms with Crippen molar-refractivity contribution in [3.63, 3.8) is 0 Å². The molecule has 1 aromatic heterocycles. The summed E-state index contributed by atoms with van der Waals surface area (Å²) in [6, 6.07) is 0. The van der Waals surface area contributed by atoms with Gasteiger partial charge in [0, 0.05) is 31.8 Å². The molecule has 1 fully saturated rings. The van der Waals surface area contributed by atoms with E-state index in [9.17, 15) is 9.59 Å². The third-order valence-corrected chi connectivity index (χ3v) is 4.00. The van der Waals surface area contributed by atoms with Crippen LogP contribution >= 0.6 is 0 Å². The van der Waals surface area contributed by atoms with E-state index in [1.54, 1.807) is 17.8 Å². The lowest BCUT2D eigenvalue weighted by Gasteiger charge is -2.23. The first-order valence-corrected chi connectivity index (χ1v) is 6.74. The molecule has 0 saturated carbocycles. The molecule has 114 valence electrons. The molecule has 7 heteroatoms. The van der Waals surface area contributed by atoms with Gasteiger partial charge in [0.25, 0.3) is 0 Å². The molecule has 2 heterocycles. The molecule has 1 saturated heterocycles. The Bertz CT molecular complexity index is 620. The second-order valence-electron chi connectivity index (χ2n) is 5.71. The van der Waals surface area contributed by atoms with Crippen LogP contribution in [0.25, 0.3) is 6.08 Å². The van der Waals surface area contributed by atoms with E-state index >= 15 is 0 Å². The molecule has 1 aliphatic heterocycles. The summed E-state index contributed by atoms with van der Waals surface area (Å²) < 4.78 is 1.71. The molecule has 21 heavy (non-hydrogen) atoms. The van der Waals surface area contributed by atoms with Gasteiger partial charge in [-0.1, -0.05) is 0 Å². The Hall–Kier alpha value is -2.31. The van der Waals surface area contributed by atoms with Crippen LogP contribution in [-0.2, 0) is 16.6 Å². The summed E-state index contributed by atoms with van der Waals surface area (Å²) in [7, 11) is 1.81. The zero-order valence-corrected chi connectivity index (χ0v) is 12.5. The maximum absolute atomic E-state index is 11.6. The lowest BCUT2D eigenvalue weighted by molar-refractivity contribution is -0.131. The predicted octanol–water partition coefficient (Wildman–Crippen LogP) is 0.528. The molecule has 0 radical (unpaired) electrons. The first-order chi connectivity index (χ1) is 9.74. The lowest BCUT2D eigenvalue weighted by Crippen LogP contribution is -2.37. The molecule has 1 aliphatic rings. The molecule has 0 spiro atoms. The zero-order valence-electron chi connectivity index (χ0n) is 12.5. The van der Waals surface area contributed by atoms with Gasteiger partial charge >= 0.3 is 5.97 Å². The topological polar surface area (TPSA) is 101 Å². The highest BCUT2D eigenvalue weighted by Crippen LogP contribution is 2.35.